The standard InChI is InChI=1S/C15H22N4O3/c1-2-5-16-14-17-10-12(11-18-14)13(20)19-6-3-15(4-7-19)21-8-9-22-15/h10-11H,2-9H2,1H3,(H,16,17,18). The van der Waals surface area contributed by atoms with Crippen LogP contribution in [0.3, 0.4) is 0 Å². The van der Waals surface area contributed by atoms with E-state index in [4.69, 9.17) is 9.47 Å². The van der Waals surface area contributed by atoms with Gasteiger partial charge in [-0.15, -0.1) is 0 Å². The van der Waals surface area contributed by atoms with Gasteiger partial charge in [-0.25, -0.2) is 9.97 Å². The molecule has 2 fully saturated rings. The molecule has 0 aromatic carbocycles. The van der Waals surface area contributed by atoms with Crippen molar-refractivity contribution in [3.63, 3.8) is 0 Å². The highest BCUT2D eigenvalue weighted by atomic mass is 16.7. The molecule has 1 N–H and O–H groups in total. The summed E-state index contributed by atoms with van der Waals surface area (Å²) in [6.45, 7) is 5.46. The number of aromatic nitrogens is 2. The Balaban J connectivity index is 1.57. The second-order valence-electron chi connectivity index (χ2n) is 5.62. The summed E-state index contributed by atoms with van der Waals surface area (Å²) < 4.78 is 11.4. The highest BCUT2D eigenvalue weighted by Crippen LogP contribution is 2.31. The lowest BCUT2D eigenvalue weighted by atomic mass is 10.0. The smallest absolute Gasteiger partial charge is 0.256 e. The van der Waals surface area contributed by atoms with Gasteiger partial charge in [0.1, 0.15) is 0 Å². The second-order valence-corrected chi connectivity index (χ2v) is 5.62. The fraction of sp³-hybridized carbons (Fsp3) is 0.667. The summed E-state index contributed by atoms with van der Waals surface area (Å²) in [6.07, 6.45) is 5.61. The molecule has 1 amide bonds. The first-order valence-electron chi connectivity index (χ1n) is 7.85. The molecule has 0 unspecified atom stereocenters. The molecule has 120 valence electrons. The molecular weight excluding hydrogens is 284 g/mol. The summed E-state index contributed by atoms with van der Waals surface area (Å²) in [7, 11) is 0. The van der Waals surface area contributed by atoms with E-state index in [0.717, 1.165) is 25.8 Å². The Bertz CT molecular complexity index is 504. The Morgan fingerprint density at radius 1 is 1.27 bits per heavy atom. The lowest BCUT2D eigenvalue weighted by Gasteiger charge is -2.37. The van der Waals surface area contributed by atoms with E-state index in [9.17, 15) is 4.79 Å². The van der Waals surface area contributed by atoms with Crippen LogP contribution in [0.5, 0.6) is 0 Å². The number of nitrogens with one attached hydrogen (secondary N) is 1. The van der Waals surface area contributed by atoms with Crippen LogP contribution in [-0.4, -0.2) is 59.4 Å². The number of carbonyl (C=O) groups is 1. The number of anilines is 1. The van der Waals surface area contributed by atoms with E-state index in [-0.39, 0.29) is 5.91 Å². The lowest BCUT2D eigenvalue weighted by molar-refractivity contribution is -0.181. The Morgan fingerprint density at radius 2 is 1.91 bits per heavy atom. The van der Waals surface area contributed by atoms with Crippen molar-refractivity contribution in [3.05, 3.63) is 18.0 Å². The van der Waals surface area contributed by atoms with Crippen LogP contribution in [0, 0.1) is 0 Å². The molecule has 1 aromatic heterocycles. The van der Waals surface area contributed by atoms with Crippen LogP contribution in [0.4, 0.5) is 5.95 Å². The lowest BCUT2D eigenvalue weighted by Crippen LogP contribution is -2.47. The molecule has 22 heavy (non-hydrogen) atoms. The molecule has 1 spiro atoms. The third-order valence-electron chi connectivity index (χ3n) is 4.06. The SMILES string of the molecule is CCCNc1ncc(C(=O)N2CCC3(CC2)OCCO3)cn1. The Labute approximate surface area is 130 Å². The molecule has 0 bridgehead atoms. The van der Waals surface area contributed by atoms with E-state index in [0.29, 0.717) is 37.8 Å². The molecule has 7 heteroatoms. The second kappa shape index (κ2) is 6.58. The summed E-state index contributed by atoms with van der Waals surface area (Å²) in [5.74, 6) is 0.0694. The summed E-state index contributed by atoms with van der Waals surface area (Å²) in [6, 6.07) is 0. The van der Waals surface area contributed by atoms with Crippen molar-refractivity contribution in [2.75, 3.05) is 38.2 Å². The van der Waals surface area contributed by atoms with Crippen molar-refractivity contribution in [2.45, 2.75) is 32.0 Å². The summed E-state index contributed by atoms with van der Waals surface area (Å²) in [4.78, 5) is 22.7. The van der Waals surface area contributed by atoms with E-state index in [2.05, 4.69) is 22.2 Å². The van der Waals surface area contributed by atoms with Crippen LogP contribution in [-0.2, 0) is 9.47 Å². The predicted molar refractivity (Wildman–Crippen MR) is 80.6 cm³/mol. The summed E-state index contributed by atoms with van der Waals surface area (Å²) >= 11 is 0. The fourth-order valence-electron chi connectivity index (χ4n) is 2.79. The van der Waals surface area contributed by atoms with Gasteiger partial charge in [-0.3, -0.25) is 4.79 Å². The zero-order valence-electron chi connectivity index (χ0n) is 12.9. The van der Waals surface area contributed by atoms with Gasteiger partial charge >= 0.3 is 0 Å². The normalized spacial score (nSPS) is 20.3. The predicted octanol–water partition coefficient (Wildman–Crippen LogP) is 1.28. The summed E-state index contributed by atoms with van der Waals surface area (Å²) in [5.41, 5.74) is 0.520. The van der Waals surface area contributed by atoms with Crippen molar-refractivity contribution in [1.82, 2.24) is 14.9 Å². The first-order chi connectivity index (χ1) is 10.7. The largest absolute Gasteiger partial charge is 0.354 e. The topological polar surface area (TPSA) is 76.6 Å². The Morgan fingerprint density at radius 3 is 2.50 bits per heavy atom. The number of hydrogen-bond acceptors (Lipinski definition) is 6. The van der Waals surface area contributed by atoms with Crippen molar-refractivity contribution in [2.24, 2.45) is 0 Å². The maximum Gasteiger partial charge on any atom is 0.256 e. The molecule has 0 radical (unpaired) electrons. The zero-order valence-corrected chi connectivity index (χ0v) is 12.9. The van der Waals surface area contributed by atoms with Crippen LogP contribution in [0.15, 0.2) is 12.4 Å². The minimum absolute atomic E-state index is 0.0325. The molecule has 2 aliphatic heterocycles. The van der Waals surface area contributed by atoms with Crippen molar-refractivity contribution in [1.29, 1.82) is 0 Å². The van der Waals surface area contributed by atoms with Crippen LogP contribution >= 0.6 is 0 Å². The van der Waals surface area contributed by atoms with Gasteiger partial charge in [-0.05, 0) is 6.42 Å². The van der Waals surface area contributed by atoms with E-state index >= 15 is 0 Å². The van der Waals surface area contributed by atoms with Gasteiger partial charge in [0.05, 0.1) is 18.8 Å². The molecule has 0 atom stereocenters. The van der Waals surface area contributed by atoms with Gasteiger partial charge in [0.25, 0.3) is 5.91 Å². The van der Waals surface area contributed by atoms with Crippen molar-refractivity contribution < 1.29 is 14.3 Å². The molecular formula is C15H22N4O3. The number of likely N-dealkylation sites (tertiary alicyclic amines) is 1. The number of hydrogen-bond donors (Lipinski definition) is 1. The molecule has 3 heterocycles. The van der Waals surface area contributed by atoms with E-state index < -0.39 is 5.79 Å². The Kier molecular flexibility index (Phi) is 4.54. The van der Waals surface area contributed by atoms with Gasteiger partial charge in [-0.2, -0.15) is 0 Å². The molecule has 7 nitrogen and oxygen atoms in total. The van der Waals surface area contributed by atoms with Crippen molar-refractivity contribution in [3.8, 4) is 0 Å². The van der Waals surface area contributed by atoms with Crippen molar-refractivity contribution >= 4 is 11.9 Å². The van der Waals surface area contributed by atoms with Gasteiger partial charge in [0.15, 0.2) is 5.79 Å². The molecule has 0 saturated carbocycles. The van der Waals surface area contributed by atoms with Gasteiger partial charge in [-0.1, -0.05) is 6.92 Å². The minimum Gasteiger partial charge on any atom is -0.354 e. The first kappa shape index (κ1) is 15.2. The van der Waals surface area contributed by atoms with Crippen LogP contribution < -0.4 is 5.32 Å². The third kappa shape index (κ3) is 3.20. The van der Waals surface area contributed by atoms with Crippen LogP contribution in [0.25, 0.3) is 0 Å². The van der Waals surface area contributed by atoms with Gasteiger partial charge in [0, 0.05) is 44.9 Å². The van der Waals surface area contributed by atoms with Gasteiger partial charge < -0.3 is 19.7 Å². The average molecular weight is 306 g/mol. The average Bonchev–Trinajstić information content (AvgIpc) is 3.02. The van der Waals surface area contributed by atoms with E-state index in [1.54, 1.807) is 12.4 Å². The van der Waals surface area contributed by atoms with E-state index in [1.165, 1.54) is 0 Å². The number of piperidine rings is 1. The molecule has 1 aromatic rings. The maximum atomic E-state index is 12.5. The number of nitrogens with zero attached hydrogens (tertiary/aromatic N) is 3. The highest BCUT2D eigenvalue weighted by Gasteiger charge is 2.40. The minimum atomic E-state index is -0.457. The third-order valence-corrected chi connectivity index (χ3v) is 4.06. The van der Waals surface area contributed by atoms with E-state index in [1.807, 2.05) is 4.90 Å². The first-order valence-corrected chi connectivity index (χ1v) is 7.85. The maximum absolute atomic E-state index is 12.5. The molecule has 2 aliphatic rings. The number of rotatable bonds is 4. The number of ether oxygens (including phenoxy) is 2. The monoisotopic (exact) mass is 306 g/mol. The number of amides is 1. The fourth-order valence-corrected chi connectivity index (χ4v) is 2.79. The highest BCUT2D eigenvalue weighted by molar-refractivity contribution is 5.93. The molecule has 3 rings (SSSR count). The molecule has 2 saturated heterocycles. The number of carbonyl (C=O) groups excluding carboxylic acids is 1. The van der Waals surface area contributed by atoms with Crippen LogP contribution in [0.2, 0.25) is 0 Å². The quantitative estimate of drug-likeness (QED) is 0.903. The Hall–Kier alpha value is -1.73. The van der Waals surface area contributed by atoms with Crippen LogP contribution in [0.1, 0.15) is 36.5 Å². The summed E-state index contributed by atoms with van der Waals surface area (Å²) in [5, 5.41) is 3.09. The molecule has 0 aliphatic carbocycles. The van der Waals surface area contributed by atoms with Gasteiger partial charge in [0.2, 0.25) is 5.95 Å². The zero-order chi connectivity index (χ0) is 15.4.